The van der Waals surface area contributed by atoms with Crippen LogP contribution >= 0.6 is 0 Å². The van der Waals surface area contributed by atoms with Crippen molar-refractivity contribution in [1.29, 1.82) is 10.5 Å². The summed E-state index contributed by atoms with van der Waals surface area (Å²) in [7, 11) is 0. The van der Waals surface area contributed by atoms with Crippen LogP contribution in [0.5, 0.6) is 11.5 Å². The van der Waals surface area contributed by atoms with Crippen molar-refractivity contribution in [2.75, 3.05) is 5.73 Å². The maximum atomic E-state index is 9.87. The number of phenolic OH excluding ortho intramolecular Hbond substituents is 2. The zero-order chi connectivity index (χ0) is 12.6. The minimum absolute atomic E-state index is 0.234. The molecular weight excluding hydrogens is 218 g/mol. The Morgan fingerprint density at radius 3 is 2.00 bits per heavy atom. The van der Waals surface area contributed by atoms with E-state index in [1.807, 2.05) is 0 Å². The summed E-state index contributed by atoms with van der Waals surface area (Å²) >= 11 is 0. The molecule has 0 aliphatic carbocycles. The third kappa shape index (κ3) is 1.38. The Bertz CT molecular complexity index is 708. The molecule has 4 N–H and O–H groups in total. The lowest BCUT2D eigenvalue weighted by Gasteiger charge is -2.08. The summed E-state index contributed by atoms with van der Waals surface area (Å²) in [5.74, 6) is -0.666. The van der Waals surface area contributed by atoms with Gasteiger partial charge in [0.05, 0.1) is 0 Å². The molecule has 2 aromatic rings. The molecule has 82 valence electrons. The van der Waals surface area contributed by atoms with Crippen molar-refractivity contribution in [3.8, 4) is 23.6 Å². The van der Waals surface area contributed by atoms with Gasteiger partial charge in [-0.05, 0) is 18.2 Å². The van der Waals surface area contributed by atoms with Gasteiger partial charge in [-0.25, -0.2) is 0 Å². The minimum Gasteiger partial charge on any atom is -0.506 e. The van der Waals surface area contributed by atoms with E-state index in [0.29, 0.717) is 5.69 Å². The van der Waals surface area contributed by atoms with Gasteiger partial charge in [0, 0.05) is 16.5 Å². The Balaban J connectivity index is 3.07. The summed E-state index contributed by atoms with van der Waals surface area (Å²) in [5.41, 5.74) is 5.47. The molecule has 5 nitrogen and oxygen atoms in total. The van der Waals surface area contributed by atoms with Crippen molar-refractivity contribution >= 4 is 16.5 Å². The van der Waals surface area contributed by atoms with Gasteiger partial charge in [-0.1, -0.05) is 0 Å². The first-order chi connectivity index (χ1) is 8.10. The number of nitriles is 2. The van der Waals surface area contributed by atoms with Gasteiger partial charge in [-0.2, -0.15) is 10.5 Å². The average molecular weight is 225 g/mol. The molecule has 2 aromatic carbocycles. The molecule has 2 rings (SSSR count). The van der Waals surface area contributed by atoms with Crippen molar-refractivity contribution < 1.29 is 10.2 Å². The van der Waals surface area contributed by atoms with E-state index in [1.54, 1.807) is 12.1 Å². The van der Waals surface area contributed by atoms with Crippen LogP contribution in [0.15, 0.2) is 18.2 Å². The van der Waals surface area contributed by atoms with Crippen molar-refractivity contribution in [3.63, 3.8) is 0 Å². The molecule has 0 aliphatic heterocycles. The Labute approximate surface area is 96.6 Å². The Hall–Kier alpha value is -2.92. The highest BCUT2D eigenvalue weighted by Crippen LogP contribution is 2.39. The van der Waals surface area contributed by atoms with Crippen LogP contribution in [-0.4, -0.2) is 10.2 Å². The first kappa shape index (κ1) is 10.6. The second-order valence-corrected chi connectivity index (χ2v) is 3.48. The number of hydrogen-bond acceptors (Lipinski definition) is 5. The highest BCUT2D eigenvalue weighted by atomic mass is 16.3. The fraction of sp³-hybridized carbons (Fsp3) is 0. The Kier molecular flexibility index (Phi) is 2.23. The van der Waals surface area contributed by atoms with E-state index in [4.69, 9.17) is 16.3 Å². The number of nitrogens with two attached hydrogens (primary N) is 1. The Morgan fingerprint density at radius 1 is 0.941 bits per heavy atom. The zero-order valence-electron chi connectivity index (χ0n) is 8.60. The topological polar surface area (TPSA) is 114 Å². The average Bonchev–Trinajstić information content (AvgIpc) is 2.33. The number of fused-ring (bicyclic) bond motifs is 1. The van der Waals surface area contributed by atoms with Crippen LogP contribution in [0.4, 0.5) is 5.69 Å². The normalized spacial score (nSPS) is 9.76. The summed E-state index contributed by atoms with van der Waals surface area (Å²) in [6, 6.07) is 7.85. The molecule has 0 fully saturated rings. The van der Waals surface area contributed by atoms with Crippen LogP contribution in [0, 0.1) is 22.7 Å². The standard InChI is InChI=1S/C12H7N3O2/c13-4-9-10(5-14)12(17)8-3-6(15)1-2-7(8)11(9)16/h1-3,16-17H,15H2. The maximum Gasteiger partial charge on any atom is 0.142 e. The van der Waals surface area contributed by atoms with Gasteiger partial charge in [0.15, 0.2) is 0 Å². The number of nitrogen functional groups attached to an aromatic ring is 1. The third-order valence-corrected chi connectivity index (χ3v) is 2.50. The molecule has 0 aliphatic rings. The van der Waals surface area contributed by atoms with E-state index < -0.39 is 0 Å². The molecule has 0 spiro atoms. The van der Waals surface area contributed by atoms with Crippen LogP contribution in [0.25, 0.3) is 10.8 Å². The number of aromatic hydroxyl groups is 2. The Morgan fingerprint density at radius 2 is 1.47 bits per heavy atom. The van der Waals surface area contributed by atoms with E-state index in [9.17, 15) is 10.2 Å². The van der Waals surface area contributed by atoms with Gasteiger partial charge in [-0.15, -0.1) is 0 Å². The number of hydrogen-bond donors (Lipinski definition) is 3. The number of phenols is 2. The van der Waals surface area contributed by atoms with Crippen LogP contribution < -0.4 is 5.73 Å². The van der Waals surface area contributed by atoms with E-state index in [-0.39, 0.29) is 33.4 Å². The fourth-order valence-corrected chi connectivity index (χ4v) is 1.69. The molecule has 0 saturated heterocycles. The summed E-state index contributed by atoms with van der Waals surface area (Å²) in [6.07, 6.45) is 0. The molecule has 0 aromatic heterocycles. The SMILES string of the molecule is N#Cc1c(C#N)c(O)c2cc(N)ccc2c1O. The van der Waals surface area contributed by atoms with E-state index in [2.05, 4.69) is 0 Å². The van der Waals surface area contributed by atoms with E-state index in [1.165, 1.54) is 18.2 Å². The second kappa shape index (κ2) is 3.58. The van der Waals surface area contributed by atoms with E-state index >= 15 is 0 Å². The minimum atomic E-state index is -0.343. The first-order valence-corrected chi connectivity index (χ1v) is 4.67. The molecule has 0 unspecified atom stereocenters. The van der Waals surface area contributed by atoms with Gasteiger partial charge >= 0.3 is 0 Å². The van der Waals surface area contributed by atoms with Crippen molar-refractivity contribution in [3.05, 3.63) is 29.3 Å². The largest absolute Gasteiger partial charge is 0.506 e. The first-order valence-electron chi connectivity index (χ1n) is 4.67. The summed E-state index contributed by atoms with van der Waals surface area (Å²) in [6.45, 7) is 0. The van der Waals surface area contributed by atoms with E-state index in [0.717, 1.165) is 0 Å². The van der Waals surface area contributed by atoms with Gasteiger partial charge < -0.3 is 15.9 Å². The predicted octanol–water partition coefficient (Wildman–Crippen LogP) is 1.58. The van der Waals surface area contributed by atoms with Gasteiger partial charge in [0.2, 0.25) is 0 Å². The van der Waals surface area contributed by atoms with Crippen molar-refractivity contribution in [2.24, 2.45) is 0 Å². The lowest BCUT2D eigenvalue weighted by Crippen LogP contribution is -1.91. The molecular formula is C12H7N3O2. The number of anilines is 1. The summed E-state index contributed by atoms with van der Waals surface area (Å²) < 4.78 is 0. The molecule has 5 heteroatoms. The quantitative estimate of drug-likeness (QED) is 0.465. The second-order valence-electron chi connectivity index (χ2n) is 3.48. The molecule has 0 bridgehead atoms. The molecule has 0 saturated carbocycles. The maximum absolute atomic E-state index is 9.87. The zero-order valence-corrected chi connectivity index (χ0v) is 8.60. The van der Waals surface area contributed by atoms with Crippen molar-refractivity contribution in [1.82, 2.24) is 0 Å². The smallest absolute Gasteiger partial charge is 0.142 e. The lowest BCUT2D eigenvalue weighted by molar-refractivity contribution is 0.466. The van der Waals surface area contributed by atoms with Crippen molar-refractivity contribution in [2.45, 2.75) is 0 Å². The molecule has 0 radical (unpaired) electrons. The summed E-state index contributed by atoms with van der Waals surface area (Å²) in [4.78, 5) is 0. The number of rotatable bonds is 0. The van der Waals surface area contributed by atoms with Crippen LogP contribution in [0.3, 0.4) is 0 Å². The summed E-state index contributed by atoms with van der Waals surface area (Å²) in [5, 5.41) is 38.0. The fourth-order valence-electron chi connectivity index (χ4n) is 1.69. The highest BCUT2D eigenvalue weighted by Gasteiger charge is 2.18. The lowest BCUT2D eigenvalue weighted by atomic mass is 9.99. The molecule has 17 heavy (non-hydrogen) atoms. The number of benzene rings is 2. The van der Waals surface area contributed by atoms with Crippen LogP contribution in [0.1, 0.15) is 11.1 Å². The predicted molar refractivity (Wildman–Crippen MR) is 61.1 cm³/mol. The van der Waals surface area contributed by atoms with Crippen LogP contribution in [0.2, 0.25) is 0 Å². The number of nitrogens with zero attached hydrogens (tertiary/aromatic N) is 2. The van der Waals surface area contributed by atoms with Gasteiger partial charge in [0.1, 0.15) is 34.8 Å². The van der Waals surface area contributed by atoms with Crippen LogP contribution in [-0.2, 0) is 0 Å². The monoisotopic (exact) mass is 225 g/mol. The van der Waals surface area contributed by atoms with Gasteiger partial charge in [0.25, 0.3) is 0 Å². The molecule has 0 amide bonds. The third-order valence-electron chi connectivity index (χ3n) is 2.50. The van der Waals surface area contributed by atoms with Gasteiger partial charge in [-0.3, -0.25) is 0 Å². The highest BCUT2D eigenvalue weighted by molar-refractivity contribution is 5.98. The molecule has 0 atom stereocenters. The molecule has 0 heterocycles.